The topological polar surface area (TPSA) is 107 Å². The molecule has 34 heavy (non-hydrogen) atoms. The molecule has 9 heteroatoms. The molecule has 0 atom stereocenters. The number of pyridine rings is 2. The normalized spacial score (nSPS) is 11.6. The van der Waals surface area contributed by atoms with Crippen LogP contribution in [0.5, 0.6) is 11.6 Å². The zero-order valence-electron chi connectivity index (χ0n) is 19.2. The van der Waals surface area contributed by atoms with Crippen LogP contribution in [-0.4, -0.2) is 27.1 Å². The third kappa shape index (κ3) is 4.42. The van der Waals surface area contributed by atoms with Gasteiger partial charge in [-0.1, -0.05) is 0 Å². The van der Waals surface area contributed by atoms with E-state index in [1.54, 1.807) is 40.1 Å². The smallest absolute Gasteiger partial charge is 0.287 e. The third-order valence-corrected chi connectivity index (χ3v) is 5.29. The van der Waals surface area contributed by atoms with Crippen LogP contribution >= 0.6 is 0 Å². The van der Waals surface area contributed by atoms with Gasteiger partial charge in [-0.05, 0) is 51.1 Å². The molecule has 3 aromatic heterocycles. The summed E-state index contributed by atoms with van der Waals surface area (Å²) in [6.45, 7) is 5.40. The lowest BCUT2D eigenvalue weighted by atomic mass is 9.96. The van der Waals surface area contributed by atoms with Crippen molar-refractivity contribution >= 4 is 16.9 Å². The molecule has 1 amide bonds. The predicted molar refractivity (Wildman–Crippen MR) is 124 cm³/mol. The van der Waals surface area contributed by atoms with Gasteiger partial charge in [-0.3, -0.25) is 9.59 Å². The van der Waals surface area contributed by atoms with Crippen molar-refractivity contribution in [1.29, 1.82) is 0 Å². The highest BCUT2D eigenvalue weighted by molar-refractivity contribution is 6.00. The number of aromatic nitrogens is 2. The number of ether oxygens (including phenoxy) is 1. The fourth-order valence-corrected chi connectivity index (χ4v) is 3.48. The number of hydrogen-bond donors (Lipinski definition) is 2. The highest BCUT2D eigenvalue weighted by Gasteiger charge is 2.24. The molecule has 1 aromatic carbocycles. The number of aryl methyl sites for hydroxylation is 1. The molecule has 2 N–H and O–H groups in total. The molecule has 0 unspecified atom stereocenters. The van der Waals surface area contributed by atoms with Gasteiger partial charge in [-0.15, -0.1) is 0 Å². The summed E-state index contributed by atoms with van der Waals surface area (Å²) >= 11 is 0. The molecule has 4 aromatic rings. The Hall–Kier alpha value is -3.98. The van der Waals surface area contributed by atoms with Crippen LogP contribution in [0.25, 0.3) is 22.1 Å². The molecule has 0 bridgehead atoms. The summed E-state index contributed by atoms with van der Waals surface area (Å²) < 4.78 is 26.5. The van der Waals surface area contributed by atoms with Gasteiger partial charge in [0.2, 0.25) is 5.88 Å². The Balaban J connectivity index is 1.96. The number of furan rings is 1. The average Bonchev–Trinajstić information content (AvgIpc) is 3.24. The van der Waals surface area contributed by atoms with Crippen molar-refractivity contribution in [2.24, 2.45) is 7.05 Å². The summed E-state index contributed by atoms with van der Waals surface area (Å²) in [6.07, 6.45) is 3.03. The highest BCUT2D eigenvalue weighted by atomic mass is 19.1. The van der Waals surface area contributed by atoms with E-state index in [1.807, 2.05) is 0 Å². The monoisotopic (exact) mass is 465 g/mol. The summed E-state index contributed by atoms with van der Waals surface area (Å²) in [4.78, 5) is 29.5. The van der Waals surface area contributed by atoms with E-state index in [0.717, 1.165) is 0 Å². The van der Waals surface area contributed by atoms with Gasteiger partial charge in [0.15, 0.2) is 5.76 Å². The van der Waals surface area contributed by atoms with Crippen LogP contribution in [0.2, 0.25) is 0 Å². The van der Waals surface area contributed by atoms with Crippen LogP contribution < -0.4 is 15.6 Å². The fraction of sp³-hybridized carbons (Fsp3) is 0.240. The van der Waals surface area contributed by atoms with E-state index in [1.165, 1.54) is 41.1 Å². The van der Waals surface area contributed by atoms with Crippen LogP contribution in [0.3, 0.4) is 0 Å². The van der Waals surface area contributed by atoms with E-state index >= 15 is 0 Å². The second-order valence-corrected chi connectivity index (χ2v) is 8.36. The van der Waals surface area contributed by atoms with Crippen molar-refractivity contribution in [3.8, 4) is 22.8 Å². The Morgan fingerprint density at radius 2 is 1.94 bits per heavy atom. The highest BCUT2D eigenvalue weighted by Crippen LogP contribution is 2.38. The lowest BCUT2D eigenvalue weighted by Gasteiger charge is -2.20. The Morgan fingerprint density at radius 1 is 1.24 bits per heavy atom. The molecule has 0 spiro atoms. The van der Waals surface area contributed by atoms with Gasteiger partial charge >= 0.3 is 0 Å². The lowest BCUT2D eigenvalue weighted by molar-refractivity contribution is 0.0782. The Kier molecular flexibility index (Phi) is 5.97. The van der Waals surface area contributed by atoms with Crippen molar-refractivity contribution in [2.45, 2.75) is 26.4 Å². The number of amides is 1. The van der Waals surface area contributed by atoms with Crippen molar-refractivity contribution in [2.75, 3.05) is 6.54 Å². The van der Waals surface area contributed by atoms with Crippen LogP contribution in [0.4, 0.5) is 4.39 Å². The molecule has 3 heterocycles. The van der Waals surface area contributed by atoms with E-state index in [-0.39, 0.29) is 28.2 Å². The summed E-state index contributed by atoms with van der Waals surface area (Å²) in [5, 5.41) is 13.4. The Bertz CT molecular complexity index is 1430. The number of carbonyl (C=O) groups excluding carboxylic acids is 1. The standard InChI is InChI=1S/C25H24FN3O5/c1-5-27-22(30)20-11-18-21(34-20)19(13-29(4)24(18)31)17-10-14(25(2,3)32)12-28-23(17)33-16-8-6-15(26)7-9-16/h6-13,32H,5H2,1-4H3,(H,27,30). The van der Waals surface area contributed by atoms with Gasteiger partial charge in [0.25, 0.3) is 11.5 Å². The quantitative estimate of drug-likeness (QED) is 0.444. The van der Waals surface area contributed by atoms with E-state index in [9.17, 15) is 19.1 Å². The molecular weight excluding hydrogens is 441 g/mol. The van der Waals surface area contributed by atoms with Crippen molar-refractivity contribution in [3.63, 3.8) is 0 Å². The van der Waals surface area contributed by atoms with Gasteiger partial charge in [-0.2, -0.15) is 0 Å². The van der Waals surface area contributed by atoms with Crippen LogP contribution in [0.1, 0.15) is 36.9 Å². The number of aliphatic hydroxyl groups is 1. The van der Waals surface area contributed by atoms with Gasteiger partial charge < -0.3 is 24.1 Å². The fourth-order valence-electron chi connectivity index (χ4n) is 3.48. The van der Waals surface area contributed by atoms with Gasteiger partial charge in [0.1, 0.15) is 17.1 Å². The van der Waals surface area contributed by atoms with Crippen LogP contribution in [-0.2, 0) is 12.6 Å². The van der Waals surface area contributed by atoms with Gasteiger partial charge in [-0.25, -0.2) is 9.37 Å². The maximum Gasteiger partial charge on any atom is 0.287 e. The zero-order valence-corrected chi connectivity index (χ0v) is 19.2. The largest absolute Gasteiger partial charge is 0.450 e. The first-order chi connectivity index (χ1) is 16.1. The summed E-state index contributed by atoms with van der Waals surface area (Å²) in [6, 6.07) is 8.52. The SMILES string of the molecule is CCNC(=O)c1cc2c(=O)n(C)cc(-c3cc(C(C)(C)O)cnc3Oc3ccc(F)cc3)c2o1. The minimum absolute atomic E-state index is 0.00555. The molecule has 8 nitrogen and oxygen atoms in total. The molecule has 0 aliphatic rings. The summed E-state index contributed by atoms with van der Waals surface area (Å²) in [7, 11) is 1.58. The average molecular weight is 465 g/mol. The van der Waals surface area contributed by atoms with E-state index in [4.69, 9.17) is 9.15 Å². The predicted octanol–water partition coefficient (Wildman–Crippen LogP) is 4.10. The van der Waals surface area contributed by atoms with E-state index < -0.39 is 17.3 Å². The number of hydrogen-bond acceptors (Lipinski definition) is 6. The van der Waals surface area contributed by atoms with Crippen LogP contribution in [0.15, 0.2) is 58.0 Å². The first kappa shape index (κ1) is 23.2. The molecule has 4 rings (SSSR count). The molecule has 0 aliphatic heterocycles. The van der Waals surface area contributed by atoms with E-state index in [0.29, 0.717) is 29.0 Å². The third-order valence-electron chi connectivity index (χ3n) is 5.29. The number of fused-ring (bicyclic) bond motifs is 1. The minimum Gasteiger partial charge on any atom is -0.450 e. The molecule has 0 fully saturated rings. The first-order valence-electron chi connectivity index (χ1n) is 10.7. The molecular formula is C25H24FN3O5. The minimum atomic E-state index is -1.22. The van der Waals surface area contributed by atoms with Crippen LogP contribution in [0, 0.1) is 5.82 Å². The molecule has 0 saturated carbocycles. The second kappa shape index (κ2) is 8.75. The molecule has 0 saturated heterocycles. The van der Waals surface area contributed by atoms with E-state index in [2.05, 4.69) is 10.3 Å². The Morgan fingerprint density at radius 3 is 2.59 bits per heavy atom. The number of rotatable bonds is 6. The summed E-state index contributed by atoms with van der Waals surface area (Å²) in [5.41, 5.74) is -0.0320. The molecule has 176 valence electrons. The summed E-state index contributed by atoms with van der Waals surface area (Å²) in [5.74, 6) is -0.372. The maximum atomic E-state index is 13.4. The van der Waals surface area contributed by atoms with Crippen molar-refractivity contribution in [3.05, 3.63) is 76.3 Å². The number of nitrogens with zero attached hydrogens (tertiary/aromatic N) is 2. The van der Waals surface area contributed by atoms with Crippen molar-refractivity contribution in [1.82, 2.24) is 14.9 Å². The van der Waals surface area contributed by atoms with Crippen molar-refractivity contribution < 1.29 is 23.4 Å². The maximum absolute atomic E-state index is 13.4. The first-order valence-corrected chi connectivity index (χ1v) is 10.7. The number of nitrogens with one attached hydrogen (secondary N) is 1. The van der Waals surface area contributed by atoms with Gasteiger partial charge in [0, 0.05) is 43.2 Å². The molecule has 0 aliphatic carbocycles. The zero-order chi connectivity index (χ0) is 24.6. The second-order valence-electron chi connectivity index (χ2n) is 8.36. The molecule has 0 radical (unpaired) electrons. The number of halogens is 1. The Labute approximate surface area is 194 Å². The lowest BCUT2D eigenvalue weighted by Crippen LogP contribution is -2.22. The number of benzene rings is 1. The van der Waals surface area contributed by atoms with Gasteiger partial charge in [0.05, 0.1) is 16.6 Å². The number of carbonyl (C=O) groups is 1.